The molecule has 2 fully saturated rings. The van der Waals surface area contributed by atoms with Gasteiger partial charge in [0.2, 0.25) is 0 Å². The number of rotatable bonds is 5. The topological polar surface area (TPSA) is 72.7 Å². The molecule has 142 valence electrons. The number of aliphatic imine (C=N–C) groups is 1. The van der Waals surface area contributed by atoms with Gasteiger partial charge in [-0.2, -0.15) is 5.10 Å². The summed E-state index contributed by atoms with van der Waals surface area (Å²) in [5.74, 6) is 7.36. The third kappa shape index (κ3) is 3.82. The van der Waals surface area contributed by atoms with Gasteiger partial charge in [0.1, 0.15) is 0 Å². The minimum Gasteiger partial charge on any atom is -0.323 e. The SMILES string of the molecule is Cn1c(=O)cc(CCC(C=NC2CC3CCC(C3)C2)=NN)c2ccccc21. The van der Waals surface area contributed by atoms with Crippen LogP contribution < -0.4 is 11.4 Å². The van der Waals surface area contributed by atoms with Crippen molar-refractivity contribution in [1.82, 2.24) is 4.57 Å². The summed E-state index contributed by atoms with van der Waals surface area (Å²) in [5, 5.41) is 5.05. The van der Waals surface area contributed by atoms with Crippen molar-refractivity contribution in [2.75, 3.05) is 0 Å². The Morgan fingerprint density at radius 1 is 1.22 bits per heavy atom. The van der Waals surface area contributed by atoms with Crippen molar-refractivity contribution < 1.29 is 0 Å². The predicted molar refractivity (Wildman–Crippen MR) is 111 cm³/mol. The molecule has 27 heavy (non-hydrogen) atoms. The van der Waals surface area contributed by atoms with Gasteiger partial charge in [0.05, 0.1) is 17.3 Å². The number of hydrazone groups is 1. The monoisotopic (exact) mass is 364 g/mol. The van der Waals surface area contributed by atoms with E-state index in [1.165, 1.54) is 32.1 Å². The summed E-state index contributed by atoms with van der Waals surface area (Å²) >= 11 is 0. The third-order valence-corrected chi connectivity index (χ3v) is 6.35. The Labute approximate surface area is 160 Å². The number of nitrogens with two attached hydrogens (primary N) is 1. The molecule has 0 aliphatic heterocycles. The highest BCUT2D eigenvalue weighted by atomic mass is 16.1. The second kappa shape index (κ2) is 7.67. The van der Waals surface area contributed by atoms with E-state index in [0.717, 1.165) is 40.4 Å². The molecule has 2 unspecified atom stereocenters. The Morgan fingerprint density at radius 3 is 2.70 bits per heavy atom. The van der Waals surface area contributed by atoms with Crippen molar-refractivity contribution in [3.05, 3.63) is 46.2 Å². The minimum atomic E-state index is 0.0151. The number of nitrogens with zero attached hydrogens (tertiary/aromatic N) is 3. The van der Waals surface area contributed by atoms with Crippen LogP contribution in [0.15, 0.2) is 45.2 Å². The predicted octanol–water partition coefficient (Wildman–Crippen LogP) is 3.44. The van der Waals surface area contributed by atoms with E-state index in [9.17, 15) is 4.79 Å². The fourth-order valence-electron chi connectivity index (χ4n) is 4.90. The Hall–Kier alpha value is -2.43. The quantitative estimate of drug-likeness (QED) is 0.501. The molecule has 4 rings (SSSR count). The Balaban J connectivity index is 1.46. The number of aromatic nitrogens is 1. The molecule has 2 N–H and O–H groups in total. The van der Waals surface area contributed by atoms with Gasteiger partial charge in [0.25, 0.3) is 5.56 Å². The summed E-state index contributed by atoms with van der Waals surface area (Å²) in [4.78, 5) is 17.0. The Bertz CT molecular complexity index is 931. The lowest BCUT2D eigenvalue weighted by atomic mass is 9.86. The number of para-hydroxylation sites is 1. The Kier molecular flexibility index (Phi) is 5.10. The zero-order valence-electron chi connectivity index (χ0n) is 16.0. The first-order valence-corrected chi connectivity index (χ1v) is 10.0. The van der Waals surface area contributed by atoms with Crippen molar-refractivity contribution in [2.24, 2.45) is 34.8 Å². The number of fused-ring (bicyclic) bond motifs is 3. The average Bonchev–Trinajstić information content (AvgIpc) is 3.03. The van der Waals surface area contributed by atoms with E-state index in [1.807, 2.05) is 31.5 Å². The van der Waals surface area contributed by atoms with Crippen LogP contribution in [0.4, 0.5) is 0 Å². The second-order valence-corrected chi connectivity index (χ2v) is 8.15. The van der Waals surface area contributed by atoms with Gasteiger partial charge in [-0.25, -0.2) is 0 Å². The molecular weight excluding hydrogens is 336 g/mol. The van der Waals surface area contributed by atoms with Crippen molar-refractivity contribution in [2.45, 2.75) is 51.0 Å². The highest BCUT2D eigenvalue weighted by Gasteiger charge is 2.33. The highest BCUT2D eigenvalue weighted by molar-refractivity contribution is 6.30. The summed E-state index contributed by atoms with van der Waals surface area (Å²) in [6, 6.07) is 10.2. The van der Waals surface area contributed by atoms with Crippen LogP contribution in [-0.4, -0.2) is 22.5 Å². The van der Waals surface area contributed by atoms with E-state index in [0.29, 0.717) is 12.5 Å². The molecule has 2 aliphatic rings. The minimum absolute atomic E-state index is 0.0151. The van der Waals surface area contributed by atoms with Gasteiger partial charge >= 0.3 is 0 Å². The zero-order valence-corrected chi connectivity index (χ0v) is 16.0. The molecule has 2 aliphatic carbocycles. The van der Waals surface area contributed by atoms with Gasteiger partial charge in [0.15, 0.2) is 0 Å². The smallest absolute Gasteiger partial charge is 0.251 e. The summed E-state index contributed by atoms with van der Waals surface area (Å²) in [7, 11) is 1.81. The number of pyridine rings is 1. The molecular formula is C22H28N4O. The molecule has 0 saturated heterocycles. The molecule has 2 atom stereocenters. The van der Waals surface area contributed by atoms with E-state index in [4.69, 9.17) is 10.8 Å². The molecule has 0 spiro atoms. The molecule has 1 aromatic carbocycles. The van der Waals surface area contributed by atoms with Crippen LogP contribution in [-0.2, 0) is 13.5 Å². The number of benzene rings is 1. The molecule has 1 aromatic heterocycles. The maximum Gasteiger partial charge on any atom is 0.251 e. The number of hydrogen-bond donors (Lipinski definition) is 1. The Morgan fingerprint density at radius 2 is 1.96 bits per heavy atom. The summed E-state index contributed by atoms with van der Waals surface area (Å²) < 4.78 is 1.69. The van der Waals surface area contributed by atoms with E-state index in [-0.39, 0.29) is 5.56 Å². The summed E-state index contributed by atoms with van der Waals surface area (Å²) in [6.45, 7) is 0. The zero-order chi connectivity index (χ0) is 18.8. The maximum absolute atomic E-state index is 12.2. The normalized spacial score (nSPS) is 25.5. The number of aryl methyl sites for hydroxylation is 2. The summed E-state index contributed by atoms with van der Waals surface area (Å²) in [5.41, 5.74) is 2.82. The standard InChI is InChI=1S/C22H28N4O/c1-26-21-5-3-2-4-20(21)17(13-22(26)27)8-9-18(25-23)14-24-19-11-15-6-7-16(10-15)12-19/h2-5,13-16,19H,6-12,23H2,1H3. The van der Waals surface area contributed by atoms with Crippen molar-refractivity contribution in [1.29, 1.82) is 0 Å². The van der Waals surface area contributed by atoms with Crippen LogP contribution in [0.25, 0.3) is 10.9 Å². The highest BCUT2D eigenvalue weighted by Crippen LogP contribution is 2.42. The molecule has 2 aromatic rings. The summed E-state index contributed by atoms with van der Waals surface area (Å²) in [6.07, 6.45) is 9.88. The van der Waals surface area contributed by atoms with Crippen LogP contribution in [0, 0.1) is 11.8 Å². The molecule has 5 heteroatoms. The molecule has 0 radical (unpaired) electrons. The van der Waals surface area contributed by atoms with Crippen LogP contribution in [0.3, 0.4) is 0 Å². The maximum atomic E-state index is 12.2. The average molecular weight is 364 g/mol. The van der Waals surface area contributed by atoms with Crippen molar-refractivity contribution in [3.8, 4) is 0 Å². The lowest BCUT2D eigenvalue weighted by molar-refractivity contribution is 0.322. The first kappa shape index (κ1) is 18.0. The lowest BCUT2D eigenvalue weighted by Crippen LogP contribution is -2.20. The van der Waals surface area contributed by atoms with E-state index in [1.54, 1.807) is 10.6 Å². The molecule has 2 saturated carbocycles. The van der Waals surface area contributed by atoms with Crippen molar-refractivity contribution in [3.63, 3.8) is 0 Å². The first-order valence-electron chi connectivity index (χ1n) is 10.0. The van der Waals surface area contributed by atoms with E-state index >= 15 is 0 Å². The van der Waals surface area contributed by atoms with Crippen molar-refractivity contribution >= 4 is 22.8 Å². The van der Waals surface area contributed by atoms with Crippen LogP contribution in [0.1, 0.15) is 44.1 Å². The molecule has 1 heterocycles. The fourth-order valence-corrected chi connectivity index (χ4v) is 4.90. The van der Waals surface area contributed by atoms with Gasteiger partial charge in [-0.1, -0.05) is 31.0 Å². The van der Waals surface area contributed by atoms with Gasteiger partial charge < -0.3 is 10.4 Å². The molecule has 2 bridgehead atoms. The third-order valence-electron chi connectivity index (χ3n) is 6.35. The van der Waals surface area contributed by atoms with Gasteiger partial charge in [-0.05, 0) is 55.6 Å². The molecule has 0 amide bonds. The lowest BCUT2D eigenvalue weighted by Gasteiger charge is -2.24. The largest absolute Gasteiger partial charge is 0.323 e. The van der Waals surface area contributed by atoms with Gasteiger partial charge in [-0.15, -0.1) is 0 Å². The van der Waals surface area contributed by atoms with Crippen LogP contribution in [0.5, 0.6) is 0 Å². The van der Waals surface area contributed by atoms with E-state index in [2.05, 4.69) is 11.2 Å². The first-order chi connectivity index (χ1) is 13.1. The van der Waals surface area contributed by atoms with Crippen LogP contribution in [0.2, 0.25) is 0 Å². The fraction of sp³-hybridized carbons (Fsp3) is 0.500. The van der Waals surface area contributed by atoms with E-state index < -0.39 is 0 Å². The second-order valence-electron chi connectivity index (χ2n) is 8.15. The van der Waals surface area contributed by atoms with Gasteiger partial charge in [0, 0.05) is 24.7 Å². The van der Waals surface area contributed by atoms with Crippen LogP contribution >= 0.6 is 0 Å². The number of hydrogen-bond acceptors (Lipinski definition) is 4. The molecule has 5 nitrogen and oxygen atoms in total. The van der Waals surface area contributed by atoms with Gasteiger partial charge in [-0.3, -0.25) is 9.79 Å².